The normalized spacial score (nSPS) is 16.3. The Labute approximate surface area is 73.5 Å². The molecule has 0 unspecified atom stereocenters. The van der Waals surface area contributed by atoms with Gasteiger partial charge in [-0.2, -0.15) is 0 Å². The summed E-state index contributed by atoms with van der Waals surface area (Å²) in [5.74, 6) is 0. The van der Waals surface area contributed by atoms with E-state index in [0.717, 1.165) is 25.0 Å². The molecule has 0 aliphatic heterocycles. The number of hydrogen-bond donors (Lipinski definition) is 1. The molecule has 0 saturated carbocycles. The molecule has 2 nitrogen and oxygen atoms in total. The second-order valence-electron chi connectivity index (χ2n) is 2.12. The molecule has 10 heavy (non-hydrogen) atoms. The molecule has 54 valence electrons. The van der Waals surface area contributed by atoms with E-state index in [1.807, 2.05) is 6.08 Å². The Morgan fingerprint density at radius 3 is 3.10 bits per heavy atom. The molecule has 0 atom stereocenters. The lowest BCUT2D eigenvalue weighted by Crippen LogP contribution is -2.15. The van der Waals surface area contributed by atoms with E-state index in [2.05, 4.69) is 11.0 Å². The molecule has 0 heterocycles. The minimum absolute atomic E-state index is 0.0320. The highest BCUT2D eigenvalue weighted by Gasteiger charge is 2.01. The number of nitrogens with one attached hydrogen (secondary N) is 1. The first-order valence-electron chi connectivity index (χ1n) is 3.19. The van der Waals surface area contributed by atoms with Crippen molar-refractivity contribution < 1.29 is 4.79 Å². The van der Waals surface area contributed by atoms with Crippen molar-refractivity contribution in [1.82, 2.24) is 5.32 Å². The number of rotatable bonds is 1. The average Bonchev–Trinajstić information content (AvgIpc) is 1.88. The molecule has 0 radical (unpaired) electrons. The van der Waals surface area contributed by atoms with E-state index in [0.29, 0.717) is 0 Å². The van der Waals surface area contributed by atoms with Crippen molar-refractivity contribution in [3.63, 3.8) is 0 Å². The number of hydrogen-bond acceptors (Lipinski definition) is 1. The van der Waals surface area contributed by atoms with E-state index in [1.54, 1.807) is 22.6 Å². The summed E-state index contributed by atoms with van der Waals surface area (Å²) in [5.41, 5.74) is 3.93. The zero-order valence-corrected chi connectivity index (χ0v) is 7.64. The van der Waals surface area contributed by atoms with Crippen molar-refractivity contribution in [1.29, 1.82) is 0 Å². The van der Waals surface area contributed by atoms with Gasteiger partial charge in [-0.05, 0) is 25.3 Å². The number of carbonyl (C=O) groups excluding carboxylic acids is 1. The van der Waals surface area contributed by atoms with E-state index in [-0.39, 0.29) is 3.91 Å². The molecule has 3 heteroatoms. The number of allylic oxidation sites excluding steroid dienone is 1. The van der Waals surface area contributed by atoms with Crippen LogP contribution in [0, 0.1) is 0 Å². The largest absolute Gasteiger partial charge is 0.314 e. The maximum atomic E-state index is 10.5. The number of amides is 1. The lowest BCUT2D eigenvalue weighted by molar-refractivity contribution is 0.264. The van der Waals surface area contributed by atoms with Gasteiger partial charge in [-0.25, -0.2) is 0 Å². The summed E-state index contributed by atoms with van der Waals surface area (Å²) in [7, 11) is 0. The smallest absolute Gasteiger partial charge is 0.285 e. The van der Waals surface area contributed by atoms with Crippen LogP contribution < -0.4 is 5.32 Å². The average molecular weight is 249 g/mol. The summed E-state index contributed by atoms with van der Waals surface area (Å²) in [6.45, 7) is 0. The van der Waals surface area contributed by atoms with Crippen LogP contribution in [0.1, 0.15) is 19.3 Å². The van der Waals surface area contributed by atoms with E-state index < -0.39 is 0 Å². The van der Waals surface area contributed by atoms with Crippen LogP contribution in [0.15, 0.2) is 17.5 Å². The van der Waals surface area contributed by atoms with Gasteiger partial charge in [-0.3, -0.25) is 4.79 Å². The summed E-state index contributed by atoms with van der Waals surface area (Å²) < 4.78 is -0.0320. The van der Waals surface area contributed by atoms with Crippen LogP contribution in [0.25, 0.3) is 0 Å². The fraction of sp³-hybridized carbons (Fsp3) is 0.429. The zero-order chi connectivity index (χ0) is 7.40. The minimum Gasteiger partial charge on any atom is -0.314 e. The maximum Gasteiger partial charge on any atom is 0.285 e. The van der Waals surface area contributed by atoms with Gasteiger partial charge >= 0.3 is 0 Å². The van der Waals surface area contributed by atoms with Crippen molar-refractivity contribution in [3.8, 4) is 0 Å². The van der Waals surface area contributed by atoms with Gasteiger partial charge in [0.25, 0.3) is 3.91 Å². The van der Waals surface area contributed by atoms with E-state index in [4.69, 9.17) is 0 Å². The number of halogens is 1. The molecular formula is C7H8INO. The molecule has 0 fully saturated rings. The summed E-state index contributed by atoms with van der Waals surface area (Å²) >= 11 is 1.72. The molecule has 1 aliphatic carbocycles. The van der Waals surface area contributed by atoms with E-state index in [1.165, 1.54) is 0 Å². The Kier molecular flexibility index (Phi) is 2.96. The zero-order valence-electron chi connectivity index (χ0n) is 5.48. The third-order valence-electron chi connectivity index (χ3n) is 1.30. The van der Waals surface area contributed by atoms with Crippen LogP contribution in [-0.4, -0.2) is 3.91 Å². The van der Waals surface area contributed by atoms with Crippen molar-refractivity contribution in [2.45, 2.75) is 19.3 Å². The van der Waals surface area contributed by atoms with Crippen LogP contribution in [-0.2, 0) is 0 Å². The van der Waals surface area contributed by atoms with Crippen LogP contribution >= 0.6 is 22.6 Å². The molecule has 0 aromatic heterocycles. The van der Waals surface area contributed by atoms with Crippen LogP contribution in [0.5, 0.6) is 0 Å². The van der Waals surface area contributed by atoms with Crippen molar-refractivity contribution in [2.24, 2.45) is 0 Å². The van der Waals surface area contributed by atoms with Gasteiger partial charge in [0.1, 0.15) is 0 Å². The highest BCUT2D eigenvalue weighted by molar-refractivity contribution is 14.1. The van der Waals surface area contributed by atoms with Gasteiger partial charge in [0, 0.05) is 22.6 Å². The van der Waals surface area contributed by atoms with Gasteiger partial charge in [0.2, 0.25) is 0 Å². The topological polar surface area (TPSA) is 29.1 Å². The van der Waals surface area contributed by atoms with Crippen LogP contribution in [0.4, 0.5) is 4.79 Å². The first-order chi connectivity index (χ1) is 4.79. The molecule has 1 aliphatic rings. The summed E-state index contributed by atoms with van der Waals surface area (Å²) in [6.07, 6.45) is 5.12. The molecule has 1 N–H and O–H groups in total. The van der Waals surface area contributed by atoms with E-state index in [9.17, 15) is 4.79 Å². The molecular weight excluding hydrogens is 241 g/mol. The third-order valence-corrected chi connectivity index (χ3v) is 1.57. The molecule has 0 bridgehead atoms. The molecule has 0 aromatic rings. The quantitative estimate of drug-likeness (QED) is 0.328. The predicted octanol–water partition coefficient (Wildman–Crippen LogP) is 2.35. The van der Waals surface area contributed by atoms with E-state index >= 15 is 0 Å². The molecule has 0 saturated heterocycles. The first kappa shape index (κ1) is 7.82. The lowest BCUT2D eigenvalue weighted by Gasteiger charge is -2.05. The third kappa shape index (κ3) is 2.54. The highest BCUT2D eigenvalue weighted by Crippen LogP contribution is 2.09. The Morgan fingerprint density at radius 1 is 1.80 bits per heavy atom. The second-order valence-corrected chi connectivity index (χ2v) is 3.10. The Balaban J connectivity index is 2.54. The Hall–Kier alpha value is -0.280. The Bertz CT molecular complexity index is 204. The summed E-state index contributed by atoms with van der Waals surface area (Å²) in [4.78, 5) is 10.5. The van der Waals surface area contributed by atoms with Gasteiger partial charge in [0.15, 0.2) is 0 Å². The number of carbonyl (C=O) groups is 1. The molecule has 1 rings (SSSR count). The Morgan fingerprint density at radius 2 is 2.60 bits per heavy atom. The van der Waals surface area contributed by atoms with Crippen molar-refractivity contribution >= 4 is 26.5 Å². The molecule has 1 amide bonds. The first-order valence-corrected chi connectivity index (χ1v) is 4.27. The highest BCUT2D eigenvalue weighted by atomic mass is 127. The van der Waals surface area contributed by atoms with Gasteiger partial charge in [0.05, 0.1) is 5.70 Å². The monoisotopic (exact) mass is 249 g/mol. The standard InChI is InChI=1S/C7H8INO/c8-7(10)9-6-4-2-1-3-5-6/h2H,1,3,5H2,(H,9,10). The van der Waals surface area contributed by atoms with Crippen molar-refractivity contribution in [2.75, 3.05) is 0 Å². The van der Waals surface area contributed by atoms with Gasteiger partial charge < -0.3 is 5.32 Å². The molecule has 0 spiro atoms. The van der Waals surface area contributed by atoms with Crippen LogP contribution in [0.2, 0.25) is 0 Å². The minimum atomic E-state index is -0.0320. The predicted molar refractivity (Wildman–Crippen MR) is 48.0 cm³/mol. The molecule has 0 aromatic carbocycles. The van der Waals surface area contributed by atoms with Gasteiger partial charge in [-0.15, -0.1) is 5.73 Å². The lowest BCUT2D eigenvalue weighted by atomic mass is 10.1. The fourth-order valence-electron chi connectivity index (χ4n) is 0.866. The van der Waals surface area contributed by atoms with Gasteiger partial charge in [-0.1, -0.05) is 0 Å². The fourth-order valence-corrected chi connectivity index (χ4v) is 1.19. The SMILES string of the molecule is O=C(I)NC1=C=CCCC1. The van der Waals surface area contributed by atoms with Crippen LogP contribution in [0.3, 0.4) is 0 Å². The second kappa shape index (κ2) is 3.78. The van der Waals surface area contributed by atoms with Crippen molar-refractivity contribution in [3.05, 3.63) is 17.5 Å². The summed E-state index contributed by atoms with van der Waals surface area (Å²) in [5, 5.41) is 2.70. The maximum absolute atomic E-state index is 10.5. The summed E-state index contributed by atoms with van der Waals surface area (Å²) in [6, 6.07) is 0.